The van der Waals surface area contributed by atoms with Gasteiger partial charge in [-0.1, -0.05) is 0 Å². The first-order valence-electron chi connectivity index (χ1n) is 5.55. The van der Waals surface area contributed by atoms with Crippen LogP contribution in [0.4, 0.5) is 14.5 Å². The number of amides is 1. The zero-order valence-electron chi connectivity index (χ0n) is 9.90. The monoisotopic (exact) mass is 290 g/mol. The standard InChI is InChI=1S/C11H12F2N2O3S/c12-7-1-2-8(14)10(13)9(7)11(16)15-3-5-19(17,18)6-4-15/h1-2H,3-6,14H2. The van der Waals surface area contributed by atoms with E-state index in [0.717, 1.165) is 17.0 Å². The highest BCUT2D eigenvalue weighted by Gasteiger charge is 2.29. The lowest BCUT2D eigenvalue weighted by atomic mass is 10.1. The average Bonchev–Trinajstić information content (AvgIpc) is 2.34. The molecule has 1 fully saturated rings. The average molecular weight is 290 g/mol. The van der Waals surface area contributed by atoms with Crippen molar-refractivity contribution in [3.8, 4) is 0 Å². The summed E-state index contributed by atoms with van der Waals surface area (Å²) in [6, 6.07) is 1.94. The first kappa shape index (κ1) is 13.7. The quantitative estimate of drug-likeness (QED) is 0.760. The molecule has 5 nitrogen and oxygen atoms in total. The highest BCUT2D eigenvalue weighted by Crippen LogP contribution is 2.21. The van der Waals surface area contributed by atoms with E-state index in [-0.39, 0.29) is 30.3 Å². The van der Waals surface area contributed by atoms with Gasteiger partial charge in [0, 0.05) is 13.1 Å². The second kappa shape index (κ2) is 4.76. The summed E-state index contributed by atoms with van der Waals surface area (Å²) in [5, 5.41) is 0. The number of nitrogens with zero attached hydrogens (tertiary/aromatic N) is 1. The molecule has 19 heavy (non-hydrogen) atoms. The van der Waals surface area contributed by atoms with Crippen LogP contribution in [-0.2, 0) is 9.84 Å². The maximum absolute atomic E-state index is 13.7. The topological polar surface area (TPSA) is 80.5 Å². The Morgan fingerprint density at radius 1 is 1.21 bits per heavy atom. The summed E-state index contributed by atoms with van der Waals surface area (Å²) in [4.78, 5) is 13.1. The lowest BCUT2D eigenvalue weighted by molar-refractivity contribution is 0.0760. The lowest BCUT2D eigenvalue weighted by Gasteiger charge is -2.27. The molecule has 1 amide bonds. The Morgan fingerprint density at radius 3 is 2.37 bits per heavy atom. The molecule has 0 atom stereocenters. The fourth-order valence-electron chi connectivity index (χ4n) is 1.84. The smallest absolute Gasteiger partial charge is 0.259 e. The van der Waals surface area contributed by atoms with Crippen LogP contribution in [0.5, 0.6) is 0 Å². The molecule has 0 saturated carbocycles. The van der Waals surface area contributed by atoms with E-state index >= 15 is 0 Å². The summed E-state index contributed by atoms with van der Waals surface area (Å²) in [5.41, 5.74) is 4.23. The van der Waals surface area contributed by atoms with Gasteiger partial charge in [-0.15, -0.1) is 0 Å². The van der Waals surface area contributed by atoms with Gasteiger partial charge in [-0.05, 0) is 12.1 Å². The number of rotatable bonds is 1. The Labute approximate surface area is 108 Å². The normalized spacial score (nSPS) is 18.3. The summed E-state index contributed by atoms with van der Waals surface area (Å²) in [6.45, 7) is -0.149. The van der Waals surface area contributed by atoms with E-state index in [9.17, 15) is 22.0 Å². The van der Waals surface area contributed by atoms with Crippen LogP contribution in [0.1, 0.15) is 10.4 Å². The molecule has 1 aromatic rings. The van der Waals surface area contributed by atoms with Gasteiger partial charge in [-0.25, -0.2) is 17.2 Å². The maximum Gasteiger partial charge on any atom is 0.259 e. The second-order valence-electron chi connectivity index (χ2n) is 4.27. The van der Waals surface area contributed by atoms with Crippen molar-refractivity contribution in [3.63, 3.8) is 0 Å². The number of hydrogen-bond acceptors (Lipinski definition) is 4. The largest absolute Gasteiger partial charge is 0.396 e. The van der Waals surface area contributed by atoms with Gasteiger partial charge in [-0.3, -0.25) is 4.79 Å². The third-order valence-electron chi connectivity index (χ3n) is 2.97. The van der Waals surface area contributed by atoms with Crippen molar-refractivity contribution in [1.29, 1.82) is 0 Å². The van der Waals surface area contributed by atoms with Crippen LogP contribution in [-0.4, -0.2) is 43.8 Å². The summed E-state index contributed by atoms with van der Waals surface area (Å²) >= 11 is 0. The minimum atomic E-state index is -3.17. The molecule has 8 heteroatoms. The van der Waals surface area contributed by atoms with Gasteiger partial charge in [0.05, 0.1) is 17.2 Å². The third-order valence-corrected chi connectivity index (χ3v) is 4.58. The van der Waals surface area contributed by atoms with Gasteiger partial charge in [0.15, 0.2) is 15.7 Å². The molecule has 0 aromatic heterocycles. The highest BCUT2D eigenvalue weighted by molar-refractivity contribution is 7.91. The number of nitrogens with two attached hydrogens (primary N) is 1. The molecule has 0 unspecified atom stereocenters. The molecule has 104 valence electrons. The molecule has 0 spiro atoms. The maximum atomic E-state index is 13.7. The van der Waals surface area contributed by atoms with E-state index in [1.165, 1.54) is 0 Å². The molecule has 1 aliphatic rings. The minimum absolute atomic E-state index is 0.0746. The van der Waals surface area contributed by atoms with Gasteiger partial charge in [-0.2, -0.15) is 0 Å². The fourth-order valence-corrected chi connectivity index (χ4v) is 3.04. The van der Waals surface area contributed by atoms with Gasteiger partial charge >= 0.3 is 0 Å². The molecule has 2 rings (SSSR count). The van der Waals surface area contributed by atoms with E-state index < -0.39 is 32.9 Å². The number of anilines is 1. The van der Waals surface area contributed by atoms with Crippen molar-refractivity contribution >= 4 is 21.4 Å². The molecule has 1 aromatic carbocycles. The minimum Gasteiger partial charge on any atom is -0.396 e. The Balaban J connectivity index is 2.29. The van der Waals surface area contributed by atoms with Crippen LogP contribution in [0.25, 0.3) is 0 Å². The van der Waals surface area contributed by atoms with E-state index in [4.69, 9.17) is 5.73 Å². The summed E-state index contributed by atoms with van der Waals surface area (Å²) in [7, 11) is -3.17. The number of carbonyl (C=O) groups is 1. The van der Waals surface area contributed by atoms with Gasteiger partial charge in [0.25, 0.3) is 5.91 Å². The highest BCUT2D eigenvalue weighted by atomic mass is 32.2. The number of hydrogen-bond donors (Lipinski definition) is 1. The van der Waals surface area contributed by atoms with Crippen molar-refractivity contribution in [2.24, 2.45) is 0 Å². The molecule has 1 aliphatic heterocycles. The van der Waals surface area contributed by atoms with Crippen LogP contribution in [0.2, 0.25) is 0 Å². The summed E-state index contributed by atoms with van der Waals surface area (Å²) in [6.07, 6.45) is 0. The van der Waals surface area contributed by atoms with E-state index in [2.05, 4.69) is 0 Å². The van der Waals surface area contributed by atoms with Crippen LogP contribution in [0.15, 0.2) is 12.1 Å². The van der Waals surface area contributed by atoms with Crippen LogP contribution in [0, 0.1) is 11.6 Å². The van der Waals surface area contributed by atoms with Crippen LogP contribution in [0.3, 0.4) is 0 Å². The number of carbonyl (C=O) groups excluding carboxylic acids is 1. The molecule has 1 heterocycles. The van der Waals surface area contributed by atoms with Crippen molar-refractivity contribution in [1.82, 2.24) is 4.90 Å². The van der Waals surface area contributed by atoms with Gasteiger partial charge < -0.3 is 10.6 Å². The number of sulfone groups is 1. The van der Waals surface area contributed by atoms with Gasteiger partial charge in [0.2, 0.25) is 0 Å². The summed E-state index contributed by atoms with van der Waals surface area (Å²) in [5.74, 6) is -3.41. The predicted molar refractivity (Wildman–Crippen MR) is 65.3 cm³/mol. The van der Waals surface area contributed by atoms with Crippen molar-refractivity contribution in [3.05, 3.63) is 29.3 Å². The SMILES string of the molecule is Nc1ccc(F)c(C(=O)N2CCS(=O)(=O)CC2)c1F. The predicted octanol–water partition coefficient (Wildman–Crippen LogP) is 0.418. The number of halogens is 2. The molecular weight excluding hydrogens is 278 g/mol. The Kier molecular flexibility index (Phi) is 3.44. The van der Waals surface area contributed by atoms with Crippen molar-refractivity contribution in [2.75, 3.05) is 30.3 Å². The Hall–Kier alpha value is -1.70. The zero-order chi connectivity index (χ0) is 14.2. The van der Waals surface area contributed by atoms with Gasteiger partial charge in [0.1, 0.15) is 11.4 Å². The van der Waals surface area contributed by atoms with E-state index in [1.807, 2.05) is 0 Å². The van der Waals surface area contributed by atoms with Crippen molar-refractivity contribution < 1.29 is 22.0 Å². The molecule has 0 radical (unpaired) electrons. The van der Waals surface area contributed by atoms with Crippen LogP contribution < -0.4 is 5.73 Å². The lowest BCUT2D eigenvalue weighted by Crippen LogP contribution is -2.44. The Bertz CT molecular complexity index is 617. The second-order valence-corrected chi connectivity index (χ2v) is 6.57. The first-order valence-corrected chi connectivity index (χ1v) is 7.37. The molecule has 1 saturated heterocycles. The fraction of sp³-hybridized carbons (Fsp3) is 0.364. The number of benzene rings is 1. The molecular formula is C11H12F2N2O3S. The van der Waals surface area contributed by atoms with Crippen molar-refractivity contribution in [2.45, 2.75) is 0 Å². The summed E-state index contributed by atoms with van der Waals surface area (Å²) < 4.78 is 49.7. The molecule has 0 aliphatic carbocycles. The van der Waals surface area contributed by atoms with E-state index in [0.29, 0.717) is 0 Å². The molecule has 0 bridgehead atoms. The molecule has 2 N–H and O–H groups in total. The third kappa shape index (κ3) is 2.67. The zero-order valence-corrected chi connectivity index (χ0v) is 10.7. The number of nitrogen functional groups attached to an aromatic ring is 1. The Morgan fingerprint density at radius 2 is 1.79 bits per heavy atom. The first-order chi connectivity index (χ1) is 8.82. The van der Waals surface area contributed by atoms with E-state index in [1.54, 1.807) is 0 Å². The van der Waals surface area contributed by atoms with Crippen LogP contribution >= 0.6 is 0 Å².